The molecule has 0 radical (unpaired) electrons. The summed E-state index contributed by atoms with van der Waals surface area (Å²) in [6, 6.07) is 0.994. The molecule has 1 aromatic carbocycles. The van der Waals surface area contributed by atoms with Crippen LogP contribution in [-0.4, -0.2) is 83.8 Å². The molecule has 7 nitrogen and oxygen atoms in total. The molecule has 0 N–H and O–H groups in total. The van der Waals surface area contributed by atoms with Crippen molar-refractivity contribution < 1.29 is 31.5 Å². The molecule has 0 saturated carbocycles. The third kappa shape index (κ3) is 6.14. The number of carbonyl (C=O) groups is 1. The van der Waals surface area contributed by atoms with Crippen molar-refractivity contribution in [3.63, 3.8) is 0 Å². The SMILES string of the molecule is C=CC(=O)N1CCN(c2nc(OC[C@@H]3C[C@@H](F)CN3C)nc3c2C[C@H](C)[C@@H](c2c(F)c(C)cc(C)c2C(F)(F)F)C3)[C@@H](C)C1. The molecule has 2 fully saturated rings. The summed E-state index contributed by atoms with van der Waals surface area (Å²) in [5, 5.41) is 0. The van der Waals surface area contributed by atoms with E-state index in [0.29, 0.717) is 50.5 Å². The van der Waals surface area contributed by atoms with Crippen LogP contribution in [-0.2, 0) is 23.8 Å². The molecular formula is C32H40F5N5O2. The minimum Gasteiger partial charge on any atom is -0.462 e. The summed E-state index contributed by atoms with van der Waals surface area (Å²) in [4.78, 5) is 27.4. The molecule has 1 amide bonds. The minimum absolute atomic E-state index is 0.00980. The Labute approximate surface area is 255 Å². The normalized spacial score (nSPS) is 26.1. The Morgan fingerprint density at radius 2 is 1.86 bits per heavy atom. The Hall–Kier alpha value is -3.28. The third-order valence-corrected chi connectivity index (χ3v) is 9.44. The first-order valence-electron chi connectivity index (χ1n) is 15.1. The number of ether oxygens (including phenoxy) is 1. The van der Waals surface area contributed by atoms with E-state index in [2.05, 4.69) is 16.5 Å². The zero-order valence-electron chi connectivity index (χ0n) is 25.8. The smallest absolute Gasteiger partial charge is 0.417 e. The number of rotatable bonds is 6. The summed E-state index contributed by atoms with van der Waals surface area (Å²) in [5.74, 6) is -1.52. The summed E-state index contributed by atoms with van der Waals surface area (Å²) in [6.07, 6.45) is -3.67. The molecule has 12 heteroatoms. The molecule has 0 unspecified atom stereocenters. The highest BCUT2D eigenvalue weighted by Crippen LogP contribution is 2.47. The van der Waals surface area contributed by atoms with Crippen molar-refractivity contribution in [1.29, 1.82) is 0 Å². The van der Waals surface area contributed by atoms with Crippen LogP contribution in [0.1, 0.15) is 59.7 Å². The summed E-state index contributed by atoms with van der Waals surface area (Å²) in [5.41, 5.74) is 0.222. The maximum absolute atomic E-state index is 15.7. The Morgan fingerprint density at radius 1 is 1.14 bits per heavy atom. The monoisotopic (exact) mass is 621 g/mol. The Morgan fingerprint density at radius 3 is 2.48 bits per heavy atom. The number of likely N-dealkylation sites (N-methyl/N-ethyl adjacent to an activating group) is 1. The lowest BCUT2D eigenvalue weighted by Gasteiger charge is -2.42. The zero-order chi connectivity index (χ0) is 32.1. The maximum Gasteiger partial charge on any atom is 0.417 e. The average Bonchev–Trinajstić information content (AvgIpc) is 3.28. The van der Waals surface area contributed by atoms with Gasteiger partial charge in [0.15, 0.2) is 0 Å². The van der Waals surface area contributed by atoms with Crippen molar-refractivity contribution >= 4 is 11.7 Å². The average molecular weight is 622 g/mol. The van der Waals surface area contributed by atoms with E-state index in [0.717, 1.165) is 5.56 Å². The van der Waals surface area contributed by atoms with Crippen LogP contribution in [0.4, 0.5) is 27.8 Å². The van der Waals surface area contributed by atoms with Crippen LogP contribution in [0, 0.1) is 25.6 Å². The van der Waals surface area contributed by atoms with E-state index in [1.807, 2.05) is 25.8 Å². The fourth-order valence-corrected chi connectivity index (χ4v) is 7.13. The van der Waals surface area contributed by atoms with Gasteiger partial charge in [0.1, 0.15) is 24.4 Å². The van der Waals surface area contributed by atoms with Crippen LogP contribution in [0.2, 0.25) is 0 Å². The molecule has 2 aromatic rings. The predicted molar refractivity (Wildman–Crippen MR) is 157 cm³/mol. The molecule has 2 saturated heterocycles. The van der Waals surface area contributed by atoms with E-state index in [9.17, 15) is 22.4 Å². The first-order valence-corrected chi connectivity index (χ1v) is 15.1. The number of aromatic nitrogens is 2. The van der Waals surface area contributed by atoms with Gasteiger partial charge in [-0.25, -0.2) is 8.78 Å². The summed E-state index contributed by atoms with van der Waals surface area (Å²) in [6.45, 7) is 12.1. The lowest BCUT2D eigenvalue weighted by molar-refractivity contribution is -0.139. The third-order valence-electron chi connectivity index (χ3n) is 9.44. The highest BCUT2D eigenvalue weighted by atomic mass is 19.4. The highest BCUT2D eigenvalue weighted by Gasteiger charge is 2.43. The molecule has 1 aliphatic carbocycles. The highest BCUT2D eigenvalue weighted by molar-refractivity contribution is 5.87. The molecule has 1 aromatic heterocycles. The fraction of sp³-hybridized carbons (Fsp3) is 0.594. The maximum atomic E-state index is 15.7. The number of benzene rings is 1. The van der Waals surface area contributed by atoms with Gasteiger partial charge in [-0.3, -0.25) is 9.69 Å². The van der Waals surface area contributed by atoms with Crippen LogP contribution < -0.4 is 9.64 Å². The van der Waals surface area contributed by atoms with E-state index >= 15 is 4.39 Å². The first-order chi connectivity index (χ1) is 20.7. The van der Waals surface area contributed by atoms with Crippen molar-refractivity contribution in [1.82, 2.24) is 19.8 Å². The number of amides is 1. The van der Waals surface area contributed by atoms with Gasteiger partial charge in [-0.1, -0.05) is 19.6 Å². The predicted octanol–water partition coefficient (Wildman–Crippen LogP) is 5.41. The lowest BCUT2D eigenvalue weighted by Crippen LogP contribution is -2.54. The number of anilines is 1. The second-order valence-electron chi connectivity index (χ2n) is 12.6. The summed E-state index contributed by atoms with van der Waals surface area (Å²) < 4.78 is 78.8. The van der Waals surface area contributed by atoms with Crippen molar-refractivity contribution in [2.24, 2.45) is 5.92 Å². The molecule has 5 atom stereocenters. The van der Waals surface area contributed by atoms with Crippen LogP contribution in [0.3, 0.4) is 0 Å². The van der Waals surface area contributed by atoms with E-state index in [-0.39, 0.29) is 59.6 Å². The van der Waals surface area contributed by atoms with Crippen molar-refractivity contribution in [3.05, 3.63) is 58.0 Å². The van der Waals surface area contributed by atoms with Crippen LogP contribution in [0.15, 0.2) is 18.7 Å². The second kappa shape index (κ2) is 12.3. The first kappa shape index (κ1) is 32.1. The van der Waals surface area contributed by atoms with Crippen molar-refractivity contribution in [2.75, 3.05) is 44.7 Å². The van der Waals surface area contributed by atoms with E-state index < -0.39 is 29.6 Å². The lowest BCUT2D eigenvalue weighted by atomic mass is 9.72. The number of hydrogen-bond donors (Lipinski definition) is 0. The number of likely N-dealkylation sites (tertiary alicyclic amines) is 1. The molecule has 240 valence electrons. The van der Waals surface area contributed by atoms with Gasteiger partial charge in [0.05, 0.1) is 11.3 Å². The van der Waals surface area contributed by atoms with Crippen molar-refractivity contribution in [3.8, 4) is 6.01 Å². The van der Waals surface area contributed by atoms with Crippen LogP contribution >= 0.6 is 0 Å². The van der Waals surface area contributed by atoms with Gasteiger partial charge >= 0.3 is 12.2 Å². The molecule has 5 rings (SSSR count). The number of nitrogens with zero attached hydrogens (tertiary/aromatic N) is 5. The molecule has 44 heavy (non-hydrogen) atoms. The quantitative estimate of drug-likeness (QED) is 0.318. The number of alkyl halides is 4. The van der Waals surface area contributed by atoms with Crippen LogP contribution in [0.5, 0.6) is 6.01 Å². The number of carbonyl (C=O) groups excluding carboxylic acids is 1. The summed E-state index contributed by atoms with van der Waals surface area (Å²) >= 11 is 0. The topological polar surface area (TPSA) is 61.8 Å². The number of fused-ring (bicyclic) bond motifs is 1. The Bertz CT molecular complexity index is 1430. The molecular weight excluding hydrogens is 581 g/mol. The van der Waals surface area contributed by atoms with Gasteiger partial charge in [-0.2, -0.15) is 23.1 Å². The molecule has 3 aliphatic rings. The number of hydrogen-bond acceptors (Lipinski definition) is 6. The summed E-state index contributed by atoms with van der Waals surface area (Å²) in [7, 11) is 1.82. The van der Waals surface area contributed by atoms with E-state index in [1.165, 1.54) is 26.0 Å². The van der Waals surface area contributed by atoms with Gasteiger partial charge < -0.3 is 14.5 Å². The standard InChI is InChI=1S/C32H40F5N5O2/c1-7-26(43)41-8-9-42(20(5)14-41)30-24-11-17(2)23(27-28(32(35,36)37)18(3)10-19(4)29(27)34)13-25(24)38-31(39-30)44-16-22-12-21(33)15-40(22)6/h7,10,17,20-23H,1,8-9,11-16H2,2-6H3/t17-,20-,21+,22-,23-/m0/s1. The molecule has 3 heterocycles. The van der Waals surface area contributed by atoms with Crippen LogP contribution in [0.25, 0.3) is 0 Å². The largest absolute Gasteiger partial charge is 0.462 e. The molecule has 0 spiro atoms. The Kier molecular flexibility index (Phi) is 8.94. The zero-order valence-corrected chi connectivity index (χ0v) is 25.8. The molecule has 2 aliphatic heterocycles. The van der Waals surface area contributed by atoms with Crippen molar-refractivity contribution in [2.45, 2.75) is 77.3 Å². The minimum atomic E-state index is -4.72. The van der Waals surface area contributed by atoms with Gasteiger partial charge in [0, 0.05) is 49.4 Å². The van der Waals surface area contributed by atoms with E-state index in [4.69, 9.17) is 9.72 Å². The van der Waals surface area contributed by atoms with Gasteiger partial charge in [0.2, 0.25) is 5.91 Å². The number of halogens is 5. The van der Waals surface area contributed by atoms with E-state index in [1.54, 1.807) is 4.90 Å². The van der Waals surface area contributed by atoms with Gasteiger partial charge in [0.25, 0.3) is 0 Å². The second-order valence-corrected chi connectivity index (χ2v) is 12.6. The Balaban J connectivity index is 1.55. The number of piperazine rings is 1. The van der Waals surface area contributed by atoms with Gasteiger partial charge in [-0.05, 0) is 76.1 Å². The molecule has 0 bridgehead atoms. The van der Waals surface area contributed by atoms with Gasteiger partial charge in [-0.15, -0.1) is 0 Å². The fourth-order valence-electron chi connectivity index (χ4n) is 7.13. The number of aryl methyl sites for hydroxylation is 2.